The van der Waals surface area contributed by atoms with Gasteiger partial charge in [-0.15, -0.1) is 0 Å². The van der Waals surface area contributed by atoms with Crippen LogP contribution in [0.15, 0.2) is 42.5 Å². The fourth-order valence-corrected chi connectivity index (χ4v) is 5.09. The van der Waals surface area contributed by atoms with Crippen molar-refractivity contribution < 1.29 is 12.8 Å². The van der Waals surface area contributed by atoms with Crippen molar-refractivity contribution >= 4 is 20.9 Å². The number of hydrogen-bond acceptors (Lipinski definition) is 3. The molecule has 0 saturated heterocycles. The van der Waals surface area contributed by atoms with Crippen molar-refractivity contribution in [3.05, 3.63) is 59.6 Å². The molecule has 0 amide bonds. The number of hydrogen-bond donors (Lipinski definition) is 0. The molecule has 0 N–H and O–H groups in total. The molecule has 1 aliphatic rings. The lowest BCUT2D eigenvalue weighted by atomic mass is 10.1. The summed E-state index contributed by atoms with van der Waals surface area (Å²) >= 11 is 0. The lowest BCUT2D eigenvalue weighted by molar-refractivity contribution is 0.346. The first kappa shape index (κ1) is 17.9. The number of halogens is 1. The largest absolute Gasteiger partial charge is 0.302 e. The van der Waals surface area contributed by atoms with Crippen molar-refractivity contribution in [1.29, 1.82) is 0 Å². The Morgan fingerprint density at radius 3 is 2.72 bits per heavy atom. The molecule has 4 nitrogen and oxygen atoms in total. The van der Waals surface area contributed by atoms with Crippen molar-refractivity contribution in [1.82, 2.24) is 8.87 Å². The summed E-state index contributed by atoms with van der Waals surface area (Å²) in [6.07, 6.45) is 7.63. The Morgan fingerprint density at radius 2 is 2.08 bits per heavy atom. The molecule has 0 fully saturated rings. The van der Waals surface area contributed by atoms with Gasteiger partial charge in [-0.1, -0.05) is 31.2 Å². The first-order valence-corrected chi connectivity index (χ1v) is 9.92. The molecule has 0 aliphatic heterocycles. The maximum Gasteiger partial charge on any atom is 0.246 e. The van der Waals surface area contributed by atoms with Gasteiger partial charge in [0.1, 0.15) is 11.1 Å². The van der Waals surface area contributed by atoms with E-state index in [1.54, 1.807) is 25.1 Å². The van der Waals surface area contributed by atoms with Crippen LogP contribution in [0.2, 0.25) is 0 Å². The molecule has 0 spiro atoms. The van der Waals surface area contributed by atoms with Gasteiger partial charge in [0.25, 0.3) is 0 Å². The lowest BCUT2D eigenvalue weighted by Crippen LogP contribution is -2.27. The van der Waals surface area contributed by atoms with Gasteiger partial charge in [0.2, 0.25) is 10.0 Å². The zero-order valence-electron chi connectivity index (χ0n) is 14.7. The van der Waals surface area contributed by atoms with Crippen LogP contribution in [0.4, 0.5) is 4.39 Å². The van der Waals surface area contributed by atoms with Crippen LogP contribution in [-0.4, -0.2) is 36.1 Å². The summed E-state index contributed by atoms with van der Waals surface area (Å²) in [4.78, 5) is 2.08. The highest BCUT2D eigenvalue weighted by atomic mass is 32.2. The summed E-state index contributed by atoms with van der Waals surface area (Å²) in [6, 6.07) is 4.31. The molecule has 0 radical (unpaired) electrons. The van der Waals surface area contributed by atoms with E-state index in [2.05, 4.69) is 4.90 Å². The second-order valence-electron chi connectivity index (χ2n) is 6.45. The molecule has 1 unspecified atom stereocenters. The number of nitrogens with zero attached hydrogens (tertiary/aromatic N) is 2. The molecule has 1 heterocycles. The molecule has 1 aromatic carbocycles. The van der Waals surface area contributed by atoms with Gasteiger partial charge in [0.05, 0.1) is 5.52 Å². The molecule has 134 valence electrons. The number of allylic oxidation sites excluding steroid dienone is 3. The summed E-state index contributed by atoms with van der Waals surface area (Å²) in [5.74, 6) is -0.358. The van der Waals surface area contributed by atoms with E-state index in [0.29, 0.717) is 29.6 Å². The summed E-state index contributed by atoms with van der Waals surface area (Å²) in [6.45, 7) is 5.23. The van der Waals surface area contributed by atoms with Crippen molar-refractivity contribution in [2.45, 2.75) is 32.1 Å². The minimum absolute atomic E-state index is 0.358. The molecule has 1 atom stereocenters. The van der Waals surface area contributed by atoms with Gasteiger partial charge in [0, 0.05) is 17.6 Å². The zero-order valence-corrected chi connectivity index (χ0v) is 15.6. The highest BCUT2D eigenvalue weighted by Gasteiger charge is 2.30. The van der Waals surface area contributed by atoms with Crippen LogP contribution in [0.3, 0.4) is 0 Å². The topological polar surface area (TPSA) is 42.3 Å². The first-order chi connectivity index (χ1) is 11.9. The highest BCUT2D eigenvalue weighted by Crippen LogP contribution is 2.31. The number of rotatable bonds is 5. The van der Waals surface area contributed by atoms with Crippen LogP contribution in [0, 0.1) is 12.7 Å². The van der Waals surface area contributed by atoms with Crippen molar-refractivity contribution in [2.24, 2.45) is 0 Å². The van der Waals surface area contributed by atoms with E-state index in [0.717, 1.165) is 12.1 Å². The maximum absolute atomic E-state index is 13.8. The lowest BCUT2D eigenvalue weighted by Gasteiger charge is -2.18. The summed E-state index contributed by atoms with van der Waals surface area (Å²) in [7, 11) is -1.65. The van der Waals surface area contributed by atoms with Gasteiger partial charge < -0.3 is 4.90 Å². The Morgan fingerprint density at radius 1 is 1.32 bits per heavy atom. The summed E-state index contributed by atoms with van der Waals surface area (Å²) < 4.78 is 41.7. The van der Waals surface area contributed by atoms with E-state index in [9.17, 15) is 12.8 Å². The van der Waals surface area contributed by atoms with Gasteiger partial charge >= 0.3 is 0 Å². The van der Waals surface area contributed by atoms with Crippen molar-refractivity contribution in [3.8, 4) is 0 Å². The van der Waals surface area contributed by atoms with Crippen molar-refractivity contribution in [3.63, 3.8) is 0 Å². The maximum atomic E-state index is 13.8. The van der Waals surface area contributed by atoms with Crippen LogP contribution in [0.5, 0.6) is 0 Å². The Labute approximate surface area is 148 Å². The normalized spacial score (nSPS) is 17.7. The van der Waals surface area contributed by atoms with Gasteiger partial charge in [-0.3, -0.25) is 0 Å². The van der Waals surface area contributed by atoms with E-state index in [-0.39, 0.29) is 5.82 Å². The van der Waals surface area contributed by atoms with Crippen LogP contribution < -0.4 is 0 Å². The summed E-state index contributed by atoms with van der Waals surface area (Å²) in [5, 5.41) is 0.0605. The van der Waals surface area contributed by atoms with E-state index >= 15 is 0 Å². The SMILES string of the molecule is CCN(C)Cc1c(C)n(S(=O)(=O)C2C=CC=CC2)c2ccc(F)cc12. The van der Waals surface area contributed by atoms with Crippen LogP contribution in [0.25, 0.3) is 10.9 Å². The Hall–Kier alpha value is -1.92. The molecule has 1 aliphatic carbocycles. The third kappa shape index (κ3) is 3.16. The van der Waals surface area contributed by atoms with Gasteiger partial charge in [-0.25, -0.2) is 16.8 Å². The monoisotopic (exact) mass is 362 g/mol. The number of fused-ring (bicyclic) bond motifs is 1. The minimum atomic E-state index is -3.62. The van der Waals surface area contributed by atoms with Crippen LogP contribution >= 0.6 is 0 Å². The Balaban J connectivity index is 2.23. The number of aromatic nitrogens is 1. The summed E-state index contributed by atoms with van der Waals surface area (Å²) in [5.41, 5.74) is 2.06. The van der Waals surface area contributed by atoms with E-state index in [1.165, 1.54) is 16.1 Å². The second-order valence-corrected chi connectivity index (χ2v) is 8.45. The second kappa shape index (κ2) is 6.77. The molecule has 0 saturated carbocycles. The fraction of sp³-hybridized carbons (Fsp3) is 0.368. The molecule has 1 aromatic heterocycles. The number of benzene rings is 1. The predicted molar refractivity (Wildman–Crippen MR) is 99.6 cm³/mol. The quantitative estimate of drug-likeness (QED) is 0.816. The smallest absolute Gasteiger partial charge is 0.246 e. The fourth-order valence-electron chi connectivity index (χ4n) is 3.25. The molecule has 2 aromatic rings. The first-order valence-electron chi connectivity index (χ1n) is 8.42. The average Bonchev–Trinajstić information content (AvgIpc) is 2.87. The molecule has 25 heavy (non-hydrogen) atoms. The third-order valence-corrected chi connectivity index (χ3v) is 6.88. The van der Waals surface area contributed by atoms with Gasteiger partial charge in [0.15, 0.2) is 0 Å². The zero-order chi connectivity index (χ0) is 18.2. The standard InChI is InChI=1S/C19H23FN2O2S/c1-4-21(3)13-18-14(2)22(19-11-10-15(20)12-17(18)19)25(23,24)16-8-6-5-7-9-16/h5-8,10-12,16H,4,9,13H2,1-3H3. The van der Waals surface area contributed by atoms with E-state index < -0.39 is 15.3 Å². The molecule has 3 rings (SSSR count). The average molecular weight is 362 g/mol. The Kier molecular flexibility index (Phi) is 4.84. The van der Waals surface area contributed by atoms with Gasteiger partial charge in [-0.05, 0) is 50.7 Å². The van der Waals surface area contributed by atoms with Gasteiger partial charge in [-0.2, -0.15) is 0 Å². The van der Waals surface area contributed by atoms with E-state index in [4.69, 9.17) is 0 Å². The molecule has 6 heteroatoms. The molecule has 0 bridgehead atoms. The predicted octanol–water partition coefficient (Wildman–Crippen LogP) is 3.60. The highest BCUT2D eigenvalue weighted by molar-refractivity contribution is 7.90. The van der Waals surface area contributed by atoms with Crippen LogP contribution in [-0.2, 0) is 16.6 Å². The third-order valence-electron chi connectivity index (χ3n) is 4.79. The molecular formula is C19H23FN2O2S. The molecular weight excluding hydrogens is 339 g/mol. The van der Waals surface area contributed by atoms with Crippen LogP contribution in [0.1, 0.15) is 24.6 Å². The van der Waals surface area contributed by atoms with E-state index in [1.807, 2.05) is 26.1 Å². The minimum Gasteiger partial charge on any atom is -0.302 e. The Bertz CT molecular complexity index is 957. The van der Waals surface area contributed by atoms with Crippen molar-refractivity contribution in [2.75, 3.05) is 13.6 Å².